The Bertz CT molecular complexity index is 542. The van der Waals surface area contributed by atoms with E-state index < -0.39 is 0 Å². The molecule has 0 radical (unpaired) electrons. The highest BCUT2D eigenvalue weighted by molar-refractivity contribution is 5.29. The van der Waals surface area contributed by atoms with Crippen molar-refractivity contribution in [3.63, 3.8) is 0 Å². The van der Waals surface area contributed by atoms with Crippen molar-refractivity contribution in [2.24, 2.45) is 0 Å². The first kappa shape index (κ1) is 13.7. The van der Waals surface area contributed by atoms with Crippen molar-refractivity contribution in [2.45, 2.75) is 39.8 Å². The fraction of sp³-hybridized carbons (Fsp3) is 0.375. The average molecular weight is 259 g/mol. The molecule has 0 saturated carbocycles. The summed E-state index contributed by atoms with van der Waals surface area (Å²) in [4.78, 5) is 0. The summed E-state index contributed by atoms with van der Waals surface area (Å²) < 4.78 is 5.57. The number of rotatable bonds is 4. The molecular weight excluding hydrogens is 238 g/mol. The molecule has 0 aliphatic carbocycles. The van der Waals surface area contributed by atoms with Gasteiger partial charge in [-0.25, -0.2) is 0 Å². The molecule has 102 valence electrons. The lowest BCUT2D eigenvalue weighted by Crippen LogP contribution is -2.22. The molecule has 0 aliphatic rings. The molecule has 0 fully saturated rings. The van der Waals surface area contributed by atoms with Crippen LogP contribution in [0.1, 0.15) is 48.6 Å². The summed E-state index contributed by atoms with van der Waals surface area (Å²) in [6.45, 7) is 8.21. The van der Waals surface area contributed by atoms with Crippen LogP contribution >= 0.6 is 0 Å². The predicted octanol–water partition coefficient (Wildman–Crippen LogP) is 4.01. The Labute approximate surface area is 114 Å². The maximum atomic E-state index is 9.30. The van der Waals surface area contributed by atoms with E-state index in [1.165, 1.54) is 5.56 Å². The molecule has 2 unspecified atom stereocenters. The van der Waals surface area contributed by atoms with E-state index in [-0.39, 0.29) is 12.1 Å². The third-order valence-electron chi connectivity index (χ3n) is 3.44. The van der Waals surface area contributed by atoms with Crippen LogP contribution in [0.15, 0.2) is 34.7 Å². The van der Waals surface area contributed by atoms with Crippen LogP contribution in [0.2, 0.25) is 0 Å². The highest BCUT2D eigenvalue weighted by Crippen LogP contribution is 2.25. The molecule has 2 rings (SSSR count). The van der Waals surface area contributed by atoms with E-state index in [0.29, 0.717) is 5.75 Å². The van der Waals surface area contributed by atoms with Crippen LogP contribution in [0.5, 0.6) is 5.75 Å². The molecule has 0 bridgehead atoms. The molecule has 3 nitrogen and oxygen atoms in total. The summed E-state index contributed by atoms with van der Waals surface area (Å²) >= 11 is 0. The maximum Gasteiger partial charge on any atom is 0.115 e. The smallest absolute Gasteiger partial charge is 0.115 e. The van der Waals surface area contributed by atoms with Crippen LogP contribution in [0.4, 0.5) is 0 Å². The van der Waals surface area contributed by atoms with Gasteiger partial charge in [-0.05, 0) is 51.5 Å². The minimum Gasteiger partial charge on any atom is -0.508 e. The molecule has 2 aromatic rings. The third-order valence-corrected chi connectivity index (χ3v) is 3.44. The van der Waals surface area contributed by atoms with Gasteiger partial charge < -0.3 is 14.8 Å². The molecule has 0 spiro atoms. The molecule has 0 aliphatic heterocycles. The number of aryl methyl sites for hydroxylation is 2. The Morgan fingerprint density at radius 3 is 2.21 bits per heavy atom. The Morgan fingerprint density at radius 2 is 1.68 bits per heavy atom. The zero-order valence-electron chi connectivity index (χ0n) is 11.9. The van der Waals surface area contributed by atoms with Gasteiger partial charge in [0, 0.05) is 17.6 Å². The van der Waals surface area contributed by atoms with Crippen molar-refractivity contribution in [3.05, 3.63) is 53.0 Å². The van der Waals surface area contributed by atoms with Crippen LogP contribution in [-0.4, -0.2) is 5.11 Å². The van der Waals surface area contributed by atoms with Crippen molar-refractivity contribution in [1.82, 2.24) is 5.32 Å². The number of phenols is 1. The Kier molecular flexibility index (Phi) is 3.96. The van der Waals surface area contributed by atoms with Gasteiger partial charge in [0.15, 0.2) is 0 Å². The number of benzene rings is 1. The van der Waals surface area contributed by atoms with Crippen LogP contribution in [-0.2, 0) is 0 Å². The molecule has 2 N–H and O–H groups in total. The highest BCUT2D eigenvalue weighted by atomic mass is 16.3. The Morgan fingerprint density at radius 1 is 1.05 bits per heavy atom. The van der Waals surface area contributed by atoms with E-state index in [1.807, 2.05) is 26.0 Å². The van der Waals surface area contributed by atoms with Crippen molar-refractivity contribution in [2.75, 3.05) is 0 Å². The number of phenolic OH excluding ortho intramolecular Hbond substituents is 1. The van der Waals surface area contributed by atoms with Gasteiger partial charge in [0.1, 0.15) is 17.3 Å². The predicted molar refractivity (Wildman–Crippen MR) is 76.3 cm³/mol. The summed E-state index contributed by atoms with van der Waals surface area (Å²) in [5.74, 6) is 2.21. The standard InChI is InChI=1S/C16H21NO2/c1-10-9-16(13(4)19-10)12(3)17-11(2)14-5-7-15(18)8-6-14/h5-9,11-12,17-18H,1-4H3. The number of furan rings is 1. The summed E-state index contributed by atoms with van der Waals surface area (Å²) in [5, 5.41) is 12.8. The lowest BCUT2D eigenvalue weighted by atomic mass is 10.0. The van der Waals surface area contributed by atoms with Gasteiger partial charge in [-0.1, -0.05) is 12.1 Å². The lowest BCUT2D eigenvalue weighted by molar-refractivity contribution is 0.465. The van der Waals surface area contributed by atoms with Gasteiger partial charge in [0.25, 0.3) is 0 Å². The molecule has 2 atom stereocenters. The van der Waals surface area contributed by atoms with E-state index in [2.05, 4.69) is 25.2 Å². The third kappa shape index (κ3) is 3.18. The van der Waals surface area contributed by atoms with Crippen LogP contribution < -0.4 is 5.32 Å². The van der Waals surface area contributed by atoms with Crippen molar-refractivity contribution >= 4 is 0 Å². The average Bonchev–Trinajstić information content (AvgIpc) is 2.69. The van der Waals surface area contributed by atoms with Gasteiger partial charge >= 0.3 is 0 Å². The van der Waals surface area contributed by atoms with E-state index in [0.717, 1.165) is 17.1 Å². The molecule has 0 amide bonds. The number of hydrogen-bond donors (Lipinski definition) is 2. The van der Waals surface area contributed by atoms with Gasteiger partial charge in [-0.15, -0.1) is 0 Å². The molecule has 1 aromatic carbocycles. The first-order valence-electron chi connectivity index (χ1n) is 6.59. The number of aromatic hydroxyl groups is 1. The first-order valence-corrected chi connectivity index (χ1v) is 6.59. The SMILES string of the molecule is Cc1cc(C(C)NC(C)c2ccc(O)cc2)c(C)o1. The summed E-state index contributed by atoms with van der Waals surface area (Å²) in [7, 11) is 0. The summed E-state index contributed by atoms with van der Waals surface area (Å²) in [6, 6.07) is 9.82. The second kappa shape index (κ2) is 5.49. The minimum atomic E-state index is 0.213. The Hall–Kier alpha value is -1.74. The molecule has 1 aromatic heterocycles. The lowest BCUT2D eigenvalue weighted by Gasteiger charge is -2.20. The summed E-state index contributed by atoms with van der Waals surface area (Å²) in [5.41, 5.74) is 2.35. The normalized spacial score (nSPS) is 14.3. The van der Waals surface area contributed by atoms with Crippen molar-refractivity contribution < 1.29 is 9.52 Å². The molecule has 19 heavy (non-hydrogen) atoms. The van der Waals surface area contributed by atoms with E-state index in [1.54, 1.807) is 12.1 Å². The monoisotopic (exact) mass is 259 g/mol. The quantitative estimate of drug-likeness (QED) is 0.872. The maximum absolute atomic E-state index is 9.30. The van der Waals surface area contributed by atoms with Crippen LogP contribution in [0.25, 0.3) is 0 Å². The van der Waals surface area contributed by atoms with Crippen LogP contribution in [0, 0.1) is 13.8 Å². The van der Waals surface area contributed by atoms with E-state index in [4.69, 9.17) is 4.42 Å². The summed E-state index contributed by atoms with van der Waals surface area (Å²) in [6.07, 6.45) is 0. The topological polar surface area (TPSA) is 45.4 Å². The van der Waals surface area contributed by atoms with Crippen molar-refractivity contribution in [3.8, 4) is 5.75 Å². The second-order valence-electron chi connectivity index (χ2n) is 5.07. The molecule has 3 heteroatoms. The molecule has 1 heterocycles. The fourth-order valence-electron chi connectivity index (χ4n) is 2.40. The van der Waals surface area contributed by atoms with Crippen molar-refractivity contribution in [1.29, 1.82) is 0 Å². The number of nitrogens with one attached hydrogen (secondary N) is 1. The van der Waals surface area contributed by atoms with Gasteiger partial charge in [-0.2, -0.15) is 0 Å². The fourth-order valence-corrected chi connectivity index (χ4v) is 2.40. The van der Waals surface area contributed by atoms with Crippen LogP contribution in [0.3, 0.4) is 0 Å². The number of hydrogen-bond acceptors (Lipinski definition) is 3. The highest BCUT2D eigenvalue weighted by Gasteiger charge is 2.15. The van der Waals surface area contributed by atoms with Gasteiger partial charge in [0.05, 0.1) is 0 Å². The first-order chi connectivity index (χ1) is 8.97. The van der Waals surface area contributed by atoms with E-state index >= 15 is 0 Å². The van der Waals surface area contributed by atoms with E-state index in [9.17, 15) is 5.11 Å². The molecular formula is C16H21NO2. The van der Waals surface area contributed by atoms with Gasteiger partial charge in [0.2, 0.25) is 0 Å². The van der Waals surface area contributed by atoms with Gasteiger partial charge in [-0.3, -0.25) is 0 Å². The molecule has 0 saturated heterocycles. The second-order valence-corrected chi connectivity index (χ2v) is 5.07. The largest absolute Gasteiger partial charge is 0.508 e. The Balaban J connectivity index is 2.08. The zero-order valence-corrected chi connectivity index (χ0v) is 11.9. The zero-order chi connectivity index (χ0) is 14.0. The minimum absolute atomic E-state index is 0.213.